The molecule has 5 atom stereocenters. The first-order valence-electron chi connectivity index (χ1n) is 10.1. The molecule has 5 unspecified atom stereocenters. The number of methoxy groups -OCH3 is 1. The summed E-state index contributed by atoms with van der Waals surface area (Å²) in [7, 11) is 1.47. The molecule has 2 saturated heterocycles. The predicted molar refractivity (Wildman–Crippen MR) is 119 cm³/mol. The number of imide groups is 1. The maximum absolute atomic E-state index is 13.7. The highest BCUT2D eigenvalue weighted by Crippen LogP contribution is 2.52. The Hall–Kier alpha value is -2.75. The summed E-state index contributed by atoms with van der Waals surface area (Å²) < 4.78 is 6.16. The number of hydrogen-bond acceptors (Lipinski definition) is 6. The van der Waals surface area contributed by atoms with Crippen LogP contribution in [0.15, 0.2) is 46.9 Å². The zero-order valence-electron chi connectivity index (χ0n) is 17.7. The van der Waals surface area contributed by atoms with Gasteiger partial charge in [0.05, 0.1) is 30.7 Å². The zero-order chi connectivity index (χ0) is 23.4. The number of amides is 2. The normalized spacial score (nSPS) is 28.0. The molecule has 2 aliphatic heterocycles. The number of carbonyl (C=O) groups is 3. The van der Waals surface area contributed by atoms with E-state index < -0.39 is 47.3 Å². The highest BCUT2D eigenvalue weighted by Gasteiger charge is 2.70. The van der Waals surface area contributed by atoms with Gasteiger partial charge in [-0.2, -0.15) is 0 Å². The highest BCUT2D eigenvalue weighted by atomic mass is 79.9. The molecular weight excluding hydrogens is 480 g/mol. The zero-order valence-corrected chi connectivity index (χ0v) is 19.3. The van der Waals surface area contributed by atoms with Crippen LogP contribution in [0.4, 0.5) is 5.69 Å². The van der Waals surface area contributed by atoms with E-state index in [1.807, 2.05) is 0 Å². The van der Waals surface area contributed by atoms with E-state index in [-0.39, 0.29) is 0 Å². The van der Waals surface area contributed by atoms with E-state index >= 15 is 0 Å². The van der Waals surface area contributed by atoms with Gasteiger partial charge in [0.25, 0.3) is 0 Å². The number of carbonyl (C=O) groups excluding carboxylic acids is 2. The lowest BCUT2D eigenvalue weighted by molar-refractivity contribution is -0.154. The van der Waals surface area contributed by atoms with Gasteiger partial charge in [0.2, 0.25) is 11.8 Å². The molecule has 0 radical (unpaired) electrons. The number of fused-ring (bicyclic) bond motifs is 1. The number of aliphatic hydroxyl groups is 1. The third-order valence-electron chi connectivity index (χ3n) is 6.49. The Morgan fingerprint density at radius 3 is 2.50 bits per heavy atom. The molecular formula is C23H23BrN2O6. The Bertz CT molecular complexity index is 1120. The highest BCUT2D eigenvalue weighted by molar-refractivity contribution is 9.10. The number of nitrogens with zero attached hydrogens (tertiary/aromatic N) is 1. The average molecular weight is 503 g/mol. The second kappa shape index (κ2) is 7.99. The van der Waals surface area contributed by atoms with Crippen molar-refractivity contribution in [1.29, 1.82) is 0 Å². The minimum absolute atomic E-state index is 0.404. The van der Waals surface area contributed by atoms with Crippen molar-refractivity contribution in [1.82, 2.24) is 5.32 Å². The average Bonchev–Trinajstić information content (AvgIpc) is 3.24. The number of aliphatic carboxylic acids is 1. The predicted octanol–water partition coefficient (Wildman–Crippen LogP) is 2.42. The number of anilines is 1. The van der Waals surface area contributed by atoms with Crippen molar-refractivity contribution >= 4 is 39.4 Å². The first-order chi connectivity index (χ1) is 15.1. The Morgan fingerprint density at radius 1 is 1.22 bits per heavy atom. The van der Waals surface area contributed by atoms with Gasteiger partial charge < -0.3 is 14.9 Å². The molecule has 0 aromatic heterocycles. The number of halogens is 1. The molecule has 0 spiro atoms. The number of ether oxygens (including phenoxy) is 1. The summed E-state index contributed by atoms with van der Waals surface area (Å²) in [5, 5.41) is 23.8. The van der Waals surface area contributed by atoms with Crippen LogP contribution in [0, 0.1) is 18.8 Å². The van der Waals surface area contributed by atoms with E-state index in [1.54, 1.807) is 49.4 Å². The summed E-state index contributed by atoms with van der Waals surface area (Å²) in [6, 6.07) is 11.2. The number of para-hydroxylation sites is 1. The second-order valence-corrected chi connectivity index (χ2v) is 9.08. The standard InChI is InChI=1S/C23H23BrN2O6/c1-11-6-4-5-7-15(11)26-20(28)17-18(21(26)29)23(12(2)27,22(30)31)25-19(17)14-10-13(24)8-9-16(14)32-3/h4-10,12,17-19,25,27H,1-3H3,(H,30,31). The third-order valence-corrected chi connectivity index (χ3v) is 6.98. The molecule has 0 bridgehead atoms. The van der Waals surface area contributed by atoms with Gasteiger partial charge in [-0.25, -0.2) is 4.90 Å². The summed E-state index contributed by atoms with van der Waals surface area (Å²) in [6.07, 6.45) is -1.45. The van der Waals surface area contributed by atoms with E-state index in [1.165, 1.54) is 14.0 Å². The van der Waals surface area contributed by atoms with Crippen LogP contribution in [0.2, 0.25) is 0 Å². The lowest BCUT2D eigenvalue weighted by Gasteiger charge is -2.33. The number of aliphatic hydroxyl groups excluding tert-OH is 1. The van der Waals surface area contributed by atoms with Gasteiger partial charge in [0, 0.05) is 16.1 Å². The molecule has 2 heterocycles. The number of carboxylic acids is 1. The number of benzene rings is 2. The maximum Gasteiger partial charge on any atom is 0.327 e. The second-order valence-electron chi connectivity index (χ2n) is 8.16. The third kappa shape index (κ3) is 3.07. The van der Waals surface area contributed by atoms with Crippen LogP contribution in [-0.2, 0) is 14.4 Å². The van der Waals surface area contributed by atoms with Crippen molar-refractivity contribution in [3.8, 4) is 5.75 Å². The molecule has 2 aromatic carbocycles. The Morgan fingerprint density at radius 2 is 1.91 bits per heavy atom. The van der Waals surface area contributed by atoms with Crippen LogP contribution in [0.25, 0.3) is 0 Å². The summed E-state index contributed by atoms with van der Waals surface area (Å²) >= 11 is 3.41. The van der Waals surface area contributed by atoms with Crippen LogP contribution in [-0.4, -0.2) is 46.7 Å². The number of hydrogen-bond donors (Lipinski definition) is 3. The smallest absolute Gasteiger partial charge is 0.327 e. The van der Waals surface area contributed by atoms with Crippen LogP contribution in [0.5, 0.6) is 5.75 Å². The molecule has 32 heavy (non-hydrogen) atoms. The van der Waals surface area contributed by atoms with Crippen molar-refractivity contribution in [2.75, 3.05) is 12.0 Å². The quantitative estimate of drug-likeness (QED) is 0.537. The molecule has 2 aromatic rings. The van der Waals surface area contributed by atoms with Crippen LogP contribution in [0.3, 0.4) is 0 Å². The fourth-order valence-corrected chi connectivity index (χ4v) is 5.35. The SMILES string of the molecule is COc1ccc(Br)cc1C1NC(C(=O)O)(C(C)O)C2C(=O)N(c3ccccc3C)C(=O)C12. The van der Waals surface area contributed by atoms with E-state index in [0.29, 0.717) is 27.0 Å². The molecule has 9 heteroatoms. The van der Waals surface area contributed by atoms with Crippen LogP contribution >= 0.6 is 15.9 Å². The first kappa shape index (κ1) is 22.4. The molecule has 2 aliphatic rings. The van der Waals surface area contributed by atoms with Crippen LogP contribution in [0.1, 0.15) is 24.1 Å². The molecule has 2 amide bonds. The van der Waals surface area contributed by atoms with Gasteiger partial charge in [-0.3, -0.25) is 19.7 Å². The first-order valence-corrected chi connectivity index (χ1v) is 10.9. The number of nitrogens with one attached hydrogen (secondary N) is 1. The number of rotatable bonds is 5. The summed E-state index contributed by atoms with van der Waals surface area (Å²) in [4.78, 5) is 40.9. The van der Waals surface area contributed by atoms with Gasteiger partial charge >= 0.3 is 5.97 Å². The van der Waals surface area contributed by atoms with Crippen molar-refractivity contribution in [3.05, 3.63) is 58.1 Å². The minimum Gasteiger partial charge on any atom is -0.496 e. The fourth-order valence-electron chi connectivity index (χ4n) is 4.97. The molecule has 0 aliphatic carbocycles. The monoisotopic (exact) mass is 502 g/mol. The van der Waals surface area contributed by atoms with E-state index in [4.69, 9.17) is 4.74 Å². The van der Waals surface area contributed by atoms with Crippen molar-refractivity contribution in [3.63, 3.8) is 0 Å². The Labute approximate surface area is 193 Å². The van der Waals surface area contributed by atoms with Crippen molar-refractivity contribution < 1.29 is 29.3 Å². The Balaban J connectivity index is 1.94. The van der Waals surface area contributed by atoms with Gasteiger partial charge in [-0.05, 0) is 43.7 Å². The lowest BCUT2D eigenvalue weighted by atomic mass is 9.76. The summed E-state index contributed by atoms with van der Waals surface area (Å²) in [6.45, 7) is 3.09. The van der Waals surface area contributed by atoms with Gasteiger partial charge in [0.1, 0.15) is 5.75 Å². The Kier molecular flexibility index (Phi) is 5.60. The lowest BCUT2D eigenvalue weighted by Crippen LogP contribution is -2.62. The van der Waals surface area contributed by atoms with Gasteiger partial charge in [-0.15, -0.1) is 0 Å². The molecule has 168 valence electrons. The number of aryl methyl sites for hydroxylation is 1. The molecule has 3 N–H and O–H groups in total. The fraction of sp³-hybridized carbons (Fsp3) is 0.348. The topological polar surface area (TPSA) is 116 Å². The van der Waals surface area contributed by atoms with E-state index in [2.05, 4.69) is 21.2 Å². The summed E-state index contributed by atoms with van der Waals surface area (Å²) in [5.41, 5.74) is -0.417. The number of carboxylic acid groups (broad SMARTS) is 1. The molecule has 8 nitrogen and oxygen atoms in total. The van der Waals surface area contributed by atoms with E-state index in [0.717, 1.165) is 4.90 Å². The molecule has 4 rings (SSSR count). The molecule has 2 fully saturated rings. The van der Waals surface area contributed by atoms with Crippen molar-refractivity contribution in [2.24, 2.45) is 11.8 Å². The van der Waals surface area contributed by atoms with Gasteiger partial charge in [0.15, 0.2) is 5.54 Å². The molecule has 0 saturated carbocycles. The van der Waals surface area contributed by atoms with Crippen molar-refractivity contribution in [2.45, 2.75) is 31.5 Å². The summed E-state index contributed by atoms with van der Waals surface area (Å²) in [5.74, 6) is -4.48. The van der Waals surface area contributed by atoms with Crippen LogP contribution < -0.4 is 15.0 Å². The maximum atomic E-state index is 13.7. The minimum atomic E-state index is -2.05. The van der Waals surface area contributed by atoms with Gasteiger partial charge in [-0.1, -0.05) is 34.1 Å². The largest absolute Gasteiger partial charge is 0.496 e. The van der Waals surface area contributed by atoms with E-state index in [9.17, 15) is 24.6 Å².